The van der Waals surface area contributed by atoms with Crippen molar-refractivity contribution in [1.82, 2.24) is 14.8 Å². The van der Waals surface area contributed by atoms with Crippen LogP contribution in [0.3, 0.4) is 0 Å². The molecular weight excluding hydrogens is 397 g/mol. The van der Waals surface area contributed by atoms with Gasteiger partial charge >= 0.3 is 6.18 Å². The molecule has 0 atom stereocenters. The van der Waals surface area contributed by atoms with Gasteiger partial charge in [0.1, 0.15) is 6.54 Å². The second kappa shape index (κ2) is 7.84. The van der Waals surface area contributed by atoms with E-state index in [1.807, 2.05) is 0 Å². The van der Waals surface area contributed by atoms with Gasteiger partial charge in [0, 0.05) is 37.7 Å². The lowest BCUT2D eigenvalue weighted by molar-refractivity contribution is -0.138. The van der Waals surface area contributed by atoms with Crippen LogP contribution >= 0.6 is 0 Å². The third-order valence-electron chi connectivity index (χ3n) is 4.45. The molecule has 0 amide bonds. The summed E-state index contributed by atoms with van der Waals surface area (Å²) >= 11 is 0. The Morgan fingerprint density at radius 3 is 2.62 bits per heavy atom. The lowest BCUT2D eigenvalue weighted by atomic mass is 9.94. The van der Waals surface area contributed by atoms with Gasteiger partial charge in [-0.25, -0.2) is 13.5 Å². The second-order valence-corrected chi connectivity index (χ2v) is 6.80. The summed E-state index contributed by atoms with van der Waals surface area (Å²) in [4.78, 5) is 27.7. The van der Waals surface area contributed by atoms with E-state index in [4.69, 9.17) is 0 Å². The topological polar surface area (TPSA) is 64.8 Å². The highest BCUT2D eigenvalue weighted by atomic mass is 19.4. The number of rotatable bonds is 5. The summed E-state index contributed by atoms with van der Waals surface area (Å²) in [7, 11) is 0. The number of carbonyl (C=O) groups excluding carboxylic acids is 1. The van der Waals surface area contributed by atoms with Gasteiger partial charge in [-0.1, -0.05) is 6.08 Å². The van der Waals surface area contributed by atoms with E-state index in [9.17, 15) is 31.5 Å². The Labute approximate surface area is 161 Å². The summed E-state index contributed by atoms with van der Waals surface area (Å²) in [6.07, 6.45) is -2.45. The number of alkyl halides is 5. The molecule has 0 aliphatic heterocycles. The van der Waals surface area contributed by atoms with Crippen molar-refractivity contribution in [2.24, 2.45) is 0 Å². The molecule has 0 fully saturated rings. The monoisotopic (exact) mass is 413 g/mol. The van der Waals surface area contributed by atoms with Crippen molar-refractivity contribution in [2.45, 2.75) is 44.3 Å². The van der Waals surface area contributed by atoms with Gasteiger partial charge in [0.15, 0.2) is 5.78 Å². The number of pyridine rings is 1. The van der Waals surface area contributed by atoms with E-state index < -0.39 is 42.0 Å². The quantitative estimate of drug-likeness (QED) is 0.702. The summed E-state index contributed by atoms with van der Waals surface area (Å²) < 4.78 is 65.7. The Morgan fingerprint density at radius 1 is 1.21 bits per heavy atom. The summed E-state index contributed by atoms with van der Waals surface area (Å²) in [5, 5.41) is 4.06. The number of ketones is 1. The van der Waals surface area contributed by atoms with Gasteiger partial charge in [0.05, 0.1) is 11.3 Å². The largest absolute Gasteiger partial charge is 0.417 e. The summed E-state index contributed by atoms with van der Waals surface area (Å²) in [6.45, 7) is -0.452. The molecule has 3 rings (SSSR count). The van der Waals surface area contributed by atoms with Crippen molar-refractivity contribution >= 4 is 11.4 Å². The molecule has 5 nitrogen and oxygen atoms in total. The molecule has 2 aromatic heterocycles. The molecule has 0 aromatic carbocycles. The van der Waals surface area contributed by atoms with E-state index in [2.05, 4.69) is 10.1 Å². The highest BCUT2D eigenvalue weighted by molar-refractivity contribution is 5.80. The molecule has 2 aromatic rings. The van der Waals surface area contributed by atoms with Crippen LogP contribution in [-0.4, -0.2) is 26.5 Å². The van der Waals surface area contributed by atoms with Crippen LogP contribution in [0.2, 0.25) is 0 Å². The van der Waals surface area contributed by atoms with Crippen LogP contribution in [0.1, 0.15) is 36.1 Å². The van der Waals surface area contributed by atoms with E-state index in [1.54, 1.807) is 0 Å². The van der Waals surface area contributed by atoms with Crippen molar-refractivity contribution < 1.29 is 26.7 Å². The van der Waals surface area contributed by atoms with Crippen molar-refractivity contribution in [3.63, 3.8) is 0 Å². The maximum Gasteiger partial charge on any atom is 0.417 e. The predicted octanol–water partition coefficient (Wildman–Crippen LogP) is 3.67. The molecule has 0 saturated carbocycles. The fourth-order valence-corrected chi connectivity index (χ4v) is 2.95. The van der Waals surface area contributed by atoms with Crippen LogP contribution in [0.25, 0.3) is 5.57 Å². The smallest absolute Gasteiger partial charge is 0.297 e. The number of carbonyl (C=O) groups is 1. The van der Waals surface area contributed by atoms with Crippen LogP contribution in [0, 0.1) is 0 Å². The van der Waals surface area contributed by atoms with Gasteiger partial charge in [-0.15, -0.1) is 0 Å². The van der Waals surface area contributed by atoms with Crippen LogP contribution in [-0.2, 0) is 23.9 Å². The number of hydrogen-bond acceptors (Lipinski definition) is 4. The highest BCUT2D eigenvalue weighted by Crippen LogP contribution is 2.35. The molecule has 29 heavy (non-hydrogen) atoms. The van der Waals surface area contributed by atoms with Gasteiger partial charge in [0.25, 0.3) is 11.5 Å². The molecule has 1 aliphatic carbocycles. The first-order valence-corrected chi connectivity index (χ1v) is 8.72. The van der Waals surface area contributed by atoms with Crippen LogP contribution in [0.4, 0.5) is 22.0 Å². The first-order valence-electron chi connectivity index (χ1n) is 8.72. The maximum atomic E-state index is 13.3. The number of hydrogen-bond donors (Lipinski definition) is 0. The van der Waals surface area contributed by atoms with E-state index in [0.717, 1.165) is 16.9 Å². The van der Waals surface area contributed by atoms with E-state index in [0.29, 0.717) is 17.5 Å². The zero-order chi connectivity index (χ0) is 21.2. The SMILES string of the molecule is O=C(Cc1cncc(C(F)(F)F)c1)Cn1nc(C2=CCC(F)(F)CC2)ccc1=O. The van der Waals surface area contributed by atoms with Gasteiger partial charge in [0.2, 0.25) is 0 Å². The van der Waals surface area contributed by atoms with Crippen LogP contribution in [0.5, 0.6) is 0 Å². The minimum Gasteiger partial charge on any atom is -0.297 e. The molecule has 0 spiro atoms. The molecule has 0 radical (unpaired) electrons. The summed E-state index contributed by atoms with van der Waals surface area (Å²) in [6, 6.07) is 3.40. The maximum absolute atomic E-state index is 13.3. The van der Waals surface area contributed by atoms with E-state index >= 15 is 0 Å². The molecular formula is C19H16F5N3O2. The Kier molecular flexibility index (Phi) is 5.63. The fourth-order valence-electron chi connectivity index (χ4n) is 2.95. The number of Topliss-reactive ketones (excluding diaryl/α,β-unsaturated/α-hetero) is 1. The lowest BCUT2D eigenvalue weighted by Gasteiger charge is -2.21. The van der Waals surface area contributed by atoms with Crippen molar-refractivity contribution in [1.29, 1.82) is 0 Å². The fraction of sp³-hybridized carbons (Fsp3) is 0.368. The highest BCUT2D eigenvalue weighted by Gasteiger charge is 2.32. The lowest BCUT2D eigenvalue weighted by Crippen LogP contribution is -2.28. The van der Waals surface area contributed by atoms with Crippen molar-refractivity contribution in [3.05, 3.63) is 63.8 Å². The number of allylic oxidation sites excluding steroid dienone is 2. The number of aromatic nitrogens is 3. The van der Waals surface area contributed by atoms with Gasteiger partial charge in [-0.05, 0) is 29.7 Å². The van der Waals surface area contributed by atoms with Crippen LogP contribution in [0.15, 0.2) is 41.5 Å². The minimum atomic E-state index is -4.58. The average molecular weight is 413 g/mol. The van der Waals surface area contributed by atoms with Crippen molar-refractivity contribution in [3.8, 4) is 0 Å². The Hall–Kier alpha value is -2.91. The summed E-state index contributed by atoms with van der Waals surface area (Å²) in [5.41, 5.74) is -0.619. The second-order valence-electron chi connectivity index (χ2n) is 6.80. The zero-order valence-electron chi connectivity index (χ0n) is 15.0. The number of halogens is 5. The summed E-state index contributed by atoms with van der Waals surface area (Å²) in [5.74, 6) is -3.31. The normalized spacial score (nSPS) is 16.4. The predicted molar refractivity (Wildman–Crippen MR) is 93.2 cm³/mol. The van der Waals surface area contributed by atoms with Gasteiger partial charge in [-0.2, -0.15) is 18.3 Å². The van der Waals surface area contributed by atoms with Crippen molar-refractivity contribution in [2.75, 3.05) is 0 Å². The van der Waals surface area contributed by atoms with E-state index in [1.165, 1.54) is 18.2 Å². The Morgan fingerprint density at radius 2 is 1.97 bits per heavy atom. The third kappa shape index (κ3) is 5.33. The first kappa shape index (κ1) is 20.8. The molecule has 0 saturated heterocycles. The molecule has 0 unspecified atom stereocenters. The molecule has 2 heterocycles. The molecule has 0 N–H and O–H groups in total. The zero-order valence-corrected chi connectivity index (χ0v) is 15.0. The molecule has 10 heteroatoms. The first-order chi connectivity index (χ1) is 13.5. The molecule has 154 valence electrons. The Bertz CT molecular complexity index is 1010. The molecule has 0 bridgehead atoms. The third-order valence-corrected chi connectivity index (χ3v) is 4.45. The minimum absolute atomic E-state index is 0.0613. The van der Waals surface area contributed by atoms with Gasteiger partial charge in [-0.3, -0.25) is 14.6 Å². The van der Waals surface area contributed by atoms with E-state index in [-0.39, 0.29) is 24.8 Å². The average Bonchev–Trinajstić information content (AvgIpc) is 2.63. The standard InChI is InChI=1S/C19H16F5N3O2/c20-18(21)5-3-13(4-6-18)16-1-2-17(29)27(26-16)11-15(28)8-12-7-14(10-25-9-12)19(22,23)24/h1-3,7,9-10H,4-6,8,11H2. The number of nitrogens with zero attached hydrogens (tertiary/aromatic N) is 3. The van der Waals surface area contributed by atoms with Gasteiger partial charge < -0.3 is 0 Å². The molecule has 1 aliphatic rings. The Balaban J connectivity index is 1.74. The van der Waals surface area contributed by atoms with Crippen LogP contribution < -0.4 is 5.56 Å².